The normalized spacial score (nSPS) is 18.0. The van der Waals surface area contributed by atoms with E-state index in [1.54, 1.807) is 18.2 Å². The highest BCUT2D eigenvalue weighted by Crippen LogP contribution is 2.39. The van der Waals surface area contributed by atoms with E-state index in [-0.39, 0.29) is 29.3 Å². The molecule has 0 saturated heterocycles. The van der Waals surface area contributed by atoms with Crippen molar-refractivity contribution in [2.75, 3.05) is 23.8 Å². The van der Waals surface area contributed by atoms with Gasteiger partial charge >= 0.3 is 0 Å². The van der Waals surface area contributed by atoms with Crippen LogP contribution in [0, 0.1) is 5.92 Å². The van der Waals surface area contributed by atoms with E-state index < -0.39 is 15.9 Å². The second-order valence-corrected chi connectivity index (χ2v) is 10.7. The van der Waals surface area contributed by atoms with Crippen molar-refractivity contribution >= 4 is 33.2 Å². The highest BCUT2D eigenvalue weighted by Gasteiger charge is 2.40. The fourth-order valence-corrected chi connectivity index (χ4v) is 5.35. The molecular weight excluding hydrogens is 426 g/mol. The van der Waals surface area contributed by atoms with Crippen molar-refractivity contribution in [2.45, 2.75) is 50.5 Å². The molecule has 2 amide bonds. The van der Waals surface area contributed by atoms with Gasteiger partial charge in [-0.1, -0.05) is 19.1 Å². The van der Waals surface area contributed by atoms with Crippen molar-refractivity contribution in [3.63, 3.8) is 0 Å². The zero-order chi connectivity index (χ0) is 23.0. The van der Waals surface area contributed by atoms with Gasteiger partial charge in [-0.05, 0) is 74.1 Å². The molecule has 32 heavy (non-hydrogen) atoms. The van der Waals surface area contributed by atoms with Gasteiger partial charge < -0.3 is 10.2 Å². The minimum Gasteiger partial charge on any atom is -0.325 e. The lowest BCUT2D eigenvalue weighted by Gasteiger charge is -2.23. The highest BCUT2D eigenvalue weighted by molar-refractivity contribution is 7.89. The Morgan fingerprint density at radius 3 is 2.59 bits per heavy atom. The predicted molar refractivity (Wildman–Crippen MR) is 124 cm³/mol. The molecule has 1 aliphatic heterocycles. The van der Waals surface area contributed by atoms with Gasteiger partial charge in [-0.15, -0.1) is 0 Å². The van der Waals surface area contributed by atoms with Gasteiger partial charge in [0.05, 0.1) is 11.4 Å². The summed E-state index contributed by atoms with van der Waals surface area (Å²) in [6.07, 6.45) is 3.33. The van der Waals surface area contributed by atoms with E-state index >= 15 is 0 Å². The molecular formula is C24H29N3O4S. The topological polar surface area (TPSA) is 86.8 Å². The Morgan fingerprint density at radius 2 is 1.91 bits per heavy atom. The SMILES string of the molecule is CCc1cccc(NC(=O)CN(C)S(=O)(=O)c2ccc3c(c2)CC(C)N3C(=O)C2CC2)c1. The van der Waals surface area contributed by atoms with Gasteiger partial charge in [-0.25, -0.2) is 8.42 Å². The number of carbonyl (C=O) groups excluding carboxylic acids is 2. The van der Waals surface area contributed by atoms with Gasteiger partial charge in [0.15, 0.2) is 0 Å². The summed E-state index contributed by atoms with van der Waals surface area (Å²) in [5.41, 5.74) is 3.38. The third-order valence-electron chi connectivity index (χ3n) is 6.12. The number of sulfonamides is 1. The molecule has 0 radical (unpaired) electrons. The van der Waals surface area contributed by atoms with Crippen LogP contribution in [0.1, 0.15) is 37.8 Å². The molecule has 1 aliphatic carbocycles. The van der Waals surface area contributed by atoms with E-state index in [4.69, 9.17) is 0 Å². The van der Waals surface area contributed by atoms with Crippen molar-refractivity contribution < 1.29 is 18.0 Å². The summed E-state index contributed by atoms with van der Waals surface area (Å²) in [6, 6.07) is 12.4. The molecule has 1 heterocycles. The maximum atomic E-state index is 13.1. The van der Waals surface area contributed by atoms with Crippen LogP contribution in [0.2, 0.25) is 0 Å². The summed E-state index contributed by atoms with van der Waals surface area (Å²) >= 11 is 0. The van der Waals surface area contributed by atoms with Gasteiger partial charge in [-0.2, -0.15) is 4.31 Å². The number of nitrogens with zero attached hydrogens (tertiary/aromatic N) is 2. The van der Waals surface area contributed by atoms with E-state index in [1.807, 2.05) is 36.9 Å². The fraction of sp³-hybridized carbons (Fsp3) is 0.417. The van der Waals surface area contributed by atoms with E-state index in [2.05, 4.69) is 5.32 Å². The number of likely N-dealkylation sites (N-methyl/N-ethyl adjacent to an activating group) is 1. The standard InChI is InChI=1S/C24H29N3O4S/c1-4-17-6-5-7-20(13-17)25-23(28)15-26(3)32(30,31)21-10-11-22-19(14-21)12-16(2)27(22)24(29)18-8-9-18/h5-7,10-11,13-14,16,18H,4,8-9,12,15H2,1-3H3,(H,25,28). The second kappa shape index (κ2) is 8.67. The molecule has 2 aromatic carbocycles. The lowest BCUT2D eigenvalue weighted by atomic mass is 10.1. The van der Waals surface area contributed by atoms with Crippen LogP contribution >= 0.6 is 0 Å². The number of rotatable bonds is 7. The van der Waals surface area contributed by atoms with E-state index in [0.29, 0.717) is 12.1 Å². The van der Waals surface area contributed by atoms with E-state index in [1.165, 1.54) is 13.1 Å². The summed E-state index contributed by atoms with van der Waals surface area (Å²) in [6.45, 7) is 3.72. The van der Waals surface area contributed by atoms with Crippen LogP contribution in [0.4, 0.5) is 11.4 Å². The first kappa shape index (κ1) is 22.5. The number of hydrogen-bond acceptors (Lipinski definition) is 4. The van der Waals surface area contributed by atoms with Crippen LogP contribution < -0.4 is 10.2 Å². The van der Waals surface area contributed by atoms with Crippen molar-refractivity contribution in [2.24, 2.45) is 5.92 Å². The Morgan fingerprint density at radius 1 is 1.16 bits per heavy atom. The fourth-order valence-electron chi connectivity index (χ4n) is 4.17. The molecule has 1 fully saturated rings. The first-order valence-corrected chi connectivity index (χ1v) is 12.5. The Balaban J connectivity index is 1.47. The Hall–Kier alpha value is -2.71. The molecule has 1 atom stereocenters. The second-order valence-electron chi connectivity index (χ2n) is 8.69. The molecule has 1 unspecified atom stereocenters. The van der Waals surface area contributed by atoms with Crippen LogP contribution in [0.25, 0.3) is 0 Å². The van der Waals surface area contributed by atoms with Crippen molar-refractivity contribution in [3.8, 4) is 0 Å². The van der Waals surface area contributed by atoms with E-state index in [9.17, 15) is 18.0 Å². The summed E-state index contributed by atoms with van der Waals surface area (Å²) in [5, 5.41) is 2.76. The lowest BCUT2D eigenvalue weighted by molar-refractivity contribution is -0.120. The molecule has 2 aliphatic rings. The Bertz CT molecular complexity index is 1160. The van der Waals surface area contributed by atoms with Crippen LogP contribution in [0.3, 0.4) is 0 Å². The van der Waals surface area contributed by atoms with Crippen molar-refractivity contribution in [3.05, 3.63) is 53.6 Å². The van der Waals surface area contributed by atoms with Crippen molar-refractivity contribution in [1.29, 1.82) is 0 Å². The van der Waals surface area contributed by atoms with Crippen LogP contribution in [0.15, 0.2) is 47.4 Å². The van der Waals surface area contributed by atoms with Crippen LogP contribution in [0.5, 0.6) is 0 Å². The molecule has 0 aromatic heterocycles. The molecule has 7 nitrogen and oxygen atoms in total. The first-order chi connectivity index (χ1) is 15.2. The molecule has 0 spiro atoms. The summed E-state index contributed by atoms with van der Waals surface area (Å²) < 4.78 is 27.3. The third kappa shape index (κ3) is 4.42. The average molecular weight is 456 g/mol. The Kier molecular flexibility index (Phi) is 6.09. The van der Waals surface area contributed by atoms with Gasteiger partial charge in [0, 0.05) is 30.4 Å². The predicted octanol–water partition coefficient (Wildman–Crippen LogP) is 3.20. The zero-order valence-corrected chi connectivity index (χ0v) is 19.5. The molecule has 4 rings (SSSR count). The molecule has 170 valence electrons. The molecule has 8 heteroatoms. The first-order valence-electron chi connectivity index (χ1n) is 11.0. The molecule has 2 aromatic rings. The number of anilines is 2. The minimum absolute atomic E-state index is 0.0124. The van der Waals surface area contributed by atoms with Crippen LogP contribution in [-0.2, 0) is 32.5 Å². The largest absolute Gasteiger partial charge is 0.325 e. The molecule has 1 saturated carbocycles. The summed E-state index contributed by atoms with van der Waals surface area (Å²) in [5.74, 6) is -0.164. The quantitative estimate of drug-likeness (QED) is 0.695. The molecule has 1 N–H and O–H groups in total. The average Bonchev–Trinajstić information content (AvgIpc) is 3.55. The number of hydrogen-bond donors (Lipinski definition) is 1. The number of carbonyl (C=O) groups is 2. The number of aryl methyl sites for hydroxylation is 1. The van der Waals surface area contributed by atoms with Gasteiger partial charge in [-0.3, -0.25) is 9.59 Å². The lowest BCUT2D eigenvalue weighted by Crippen LogP contribution is -2.36. The summed E-state index contributed by atoms with van der Waals surface area (Å²) in [7, 11) is -2.45. The summed E-state index contributed by atoms with van der Waals surface area (Å²) in [4.78, 5) is 27.0. The van der Waals surface area contributed by atoms with Crippen molar-refractivity contribution in [1.82, 2.24) is 4.31 Å². The maximum absolute atomic E-state index is 13.1. The van der Waals surface area contributed by atoms with E-state index in [0.717, 1.165) is 40.4 Å². The molecule has 0 bridgehead atoms. The number of amides is 2. The number of fused-ring (bicyclic) bond motifs is 1. The maximum Gasteiger partial charge on any atom is 0.243 e. The van der Waals surface area contributed by atoms with Gasteiger partial charge in [0.25, 0.3) is 0 Å². The zero-order valence-electron chi connectivity index (χ0n) is 18.7. The monoisotopic (exact) mass is 455 g/mol. The Labute approximate surface area is 189 Å². The van der Waals surface area contributed by atoms with Gasteiger partial charge in [0.2, 0.25) is 21.8 Å². The number of nitrogens with one attached hydrogen (secondary N) is 1. The minimum atomic E-state index is -3.85. The van der Waals surface area contributed by atoms with Crippen LogP contribution in [-0.4, -0.2) is 44.2 Å². The third-order valence-corrected chi connectivity index (χ3v) is 7.92. The highest BCUT2D eigenvalue weighted by atomic mass is 32.2. The number of benzene rings is 2. The smallest absolute Gasteiger partial charge is 0.243 e. The van der Waals surface area contributed by atoms with Gasteiger partial charge in [0.1, 0.15) is 0 Å².